The molecule has 22 nitrogen and oxygen atoms in total. The van der Waals surface area contributed by atoms with Crippen LogP contribution >= 0.6 is 11.8 Å². The molecule has 0 saturated carbocycles. The number of aromatic amines is 1. The number of esters is 1. The van der Waals surface area contributed by atoms with Crippen LogP contribution in [0.3, 0.4) is 0 Å². The van der Waals surface area contributed by atoms with E-state index >= 15 is 0 Å². The van der Waals surface area contributed by atoms with Gasteiger partial charge in [-0.1, -0.05) is 45.4 Å². The molecule has 1 aromatic heterocycles. The summed E-state index contributed by atoms with van der Waals surface area (Å²) in [5.41, 5.74) is 6.55. The third-order valence-electron chi connectivity index (χ3n) is 11.9. The Morgan fingerprint density at radius 2 is 1.52 bits per heavy atom. The van der Waals surface area contributed by atoms with Crippen molar-refractivity contribution in [2.45, 2.75) is 120 Å². The Balaban J connectivity index is 1.69. The number of amides is 9. The highest BCUT2D eigenvalue weighted by atomic mass is 32.2. The number of carbonyl (C=O) groups excluding carboxylic acids is 10. The number of aliphatic hydroxyl groups excluding tert-OH is 1. The molecule has 5 rings (SSSR count). The first-order valence-corrected chi connectivity index (χ1v) is 22.5. The van der Waals surface area contributed by atoms with Crippen LogP contribution < -0.4 is 43.0 Å². The van der Waals surface area contributed by atoms with Gasteiger partial charge in [0.05, 0.1) is 24.2 Å². The van der Waals surface area contributed by atoms with Crippen molar-refractivity contribution in [3.8, 4) is 0 Å². The van der Waals surface area contributed by atoms with E-state index in [1.165, 1.54) is 13.8 Å². The SMILES string of the molecule is CC[C@H](C)[C@@H]1NC(=O)CNC(=O)C2Cc3c([nH]c4ccccc34)SCC(NC(=O)CNC1=O)C(=O)N[C@@H](CCC(N)=O)C(=O)N1C[C@H](O)C[C@H]1C(=O)N[C@@H]([C@@H](C)[C@H](C)OC(C)=O)C(=O)N2. The summed E-state index contributed by atoms with van der Waals surface area (Å²) in [5, 5.41) is 30.1. The number of hydrogen-bond donors (Lipinski definition) is 10. The zero-order valence-electron chi connectivity index (χ0n) is 36.8. The number of para-hydroxylation sites is 1. The highest BCUT2D eigenvalue weighted by Gasteiger charge is 2.44. The molecule has 2 unspecified atom stereocenters. The number of aromatic nitrogens is 1. The minimum Gasteiger partial charge on any atom is -0.462 e. The molecular weight excluding hydrogens is 869 g/mol. The van der Waals surface area contributed by atoms with E-state index in [-0.39, 0.29) is 31.6 Å². The number of hydrogen-bond acceptors (Lipinski definition) is 13. The van der Waals surface area contributed by atoms with Crippen LogP contribution in [0, 0.1) is 11.8 Å². The number of nitrogens with zero attached hydrogens (tertiary/aromatic N) is 1. The third kappa shape index (κ3) is 12.7. The number of H-pyrrole nitrogens is 1. The maximum atomic E-state index is 14.6. The van der Waals surface area contributed by atoms with Crippen LogP contribution in [0.25, 0.3) is 10.9 Å². The van der Waals surface area contributed by atoms with E-state index in [4.69, 9.17) is 10.5 Å². The van der Waals surface area contributed by atoms with Gasteiger partial charge < -0.3 is 62.7 Å². The summed E-state index contributed by atoms with van der Waals surface area (Å²) in [6.45, 7) is 6.02. The minimum atomic E-state index is -1.55. The molecule has 23 heteroatoms. The number of nitrogens with one attached hydrogen (secondary N) is 8. The Morgan fingerprint density at radius 1 is 0.846 bits per heavy atom. The molecule has 2 bridgehead atoms. The van der Waals surface area contributed by atoms with Gasteiger partial charge in [-0.15, -0.1) is 11.8 Å². The largest absolute Gasteiger partial charge is 0.462 e. The fraction of sp³-hybridized carbons (Fsp3) is 0.571. The Hall–Kier alpha value is -6.23. The van der Waals surface area contributed by atoms with Crippen LogP contribution in [0.2, 0.25) is 0 Å². The van der Waals surface area contributed by atoms with Crippen LogP contribution in [0.1, 0.15) is 65.9 Å². The maximum Gasteiger partial charge on any atom is 0.302 e. The normalized spacial score (nSPS) is 27.0. The van der Waals surface area contributed by atoms with Crippen molar-refractivity contribution >= 4 is 81.8 Å². The summed E-state index contributed by atoms with van der Waals surface area (Å²) in [7, 11) is 0. The zero-order valence-corrected chi connectivity index (χ0v) is 37.6. The van der Waals surface area contributed by atoms with Gasteiger partial charge in [0.15, 0.2) is 0 Å². The van der Waals surface area contributed by atoms with Crippen LogP contribution in [0.15, 0.2) is 29.3 Å². The minimum absolute atomic E-state index is 0.210. The number of benzene rings is 1. The van der Waals surface area contributed by atoms with E-state index in [0.29, 0.717) is 27.9 Å². The summed E-state index contributed by atoms with van der Waals surface area (Å²) < 4.78 is 5.40. The smallest absolute Gasteiger partial charge is 0.302 e. The summed E-state index contributed by atoms with van der Waals surface area (Å²) in [5.74, 6) is -9.86. The molecule has 10 atom stereocenters. The molecule has 1 saturated heterocycles. The molecule has 65 heavy (non-hydrogen) atoms. The topological polar surface area (TPSA) is 329 Å². The lowest BCUT2D eigenvalue weighted by atomic mass is 9.94. The number of rotatable bonds is 8. The van der Waals surface area contributed by atoms with Gasteiger partial charge in [0.1, 0.15) is 42.4 Å². The lowest BCUT2D eigenvalue weighted by Gasteiger charge is -2.33. The maximum absolute atomic E-state index is 14.6. The summed E-state index contributed by atoms with van der Waals surface area (Å²) >= 11 is 1.06. The molecule has 3 aliphatic rings. The molecule has 1 fully saturated rings. The van der Waals surface area contributed by atoms with Gasteiger partial charge >= 0.3 is 5.97 Å². The molecule has 11 N–H and O–H groups in total. The number of primary amides is 1. The van der Waals surface area contributed by atoms with Gasteiger partial charge in [-0.2, -0.15) is 0 Å². The predicted octanol–water partition coefficient (Wildman–Crippen LogP) is -2.65. The van der Waals surface area contributed by atoms with Crippen molar-refractivity contribution in [3.63, 3.8) is 0 Å². The van der Waals surface area contributed by atoms with E-state index < -0.39 is 139 Å². The lowest BCUT2D eigenvalue weighted by molar-refractivity contribution is -0.150. The number of nitrogens with two attached hydrogens (primary N) is 1. The standard InChI is InChI=1S/C42H58N10O12S/c1-6-19(2)34-39(61)45-15-32(56)46-29-18-65-41-25(24-9-7-8-10-26(24)49-41)14-28(36(58)44-16-33(57)50-34)48-40(62)35(20(3)21(4)64-22(5)53)51-38(60)30-13-23(54)17-52(30)42(63)27(47-37(29)59)11-12-31(43)55/h7-10,19-21,23,27-30,34-35,49,54H,6,11-18H2,1-5H3,(H2,43,55)(H,44,58)(H,45,61)(H,46,56)(H,47,59)(H,48,62)(H,50,57)(H,51,60)/t19-,20-,21-,23+,27-,28?,29?,30-,34-,35-/m0/s1. The van der Waals surface area contributed by atoms with Gasteiger partial charge in [0.25, 0.3) is 0 Å². The van der Waals surface area contributed by atoms with Crippen molar-refractivity contribution < 1.29 is 57.8 Å². The Morgan fingerprint density at radius 3 is 2.20 bits per heavy atom. The molecule has 2 aromatic rings. The Labute approximate surface area is 378 Å². The molecular formula is C42H58N10O12S. The first kappa shape index (κ1) is 49.8. The average Bonchev–Trinajstić information content (AvgIpc) is 3.83. The van der Waals surface area contributed by atoms with Crippen molar-refractivity contribution in [1.29, 1.82) is 0 Å². The second kappa shape index (κ2) is 22.1. The van der Waals surface area contributed by atoms with Crippen LogP contribution in [-0.4, -0.2) is 148 Å². The van der Waals surface area contributed by atoms with Crippen molar-refractivity contribution in [2.24, 2.45) is 17.6 Å². The lowest BCUT2D eigenvalue weighted by Crippen LogP contribution is -2.61. The number of aliphatic hydroxyl groups is 1. The number of carbonyl (C=O) groups is 10. The van der Waals surface area contributed by atoms with Crippen LogP contribution in [-0.2, 0) is 59.1 Å². The fourth-order valence-corrected chi connectivity index (χ4v) is 9.03. The first-order valence-electron chi connectivity index (χ1n) is 21.5. The average molecular weight is 927 g/mol. The summed E-state index contributed by atoms with van der Waals surface area (Å²) in [4.78, 5) is 141. The fourth-order valence-electron chi connectivity index (χ4n) is 7.91. The molecule has 3 aliphatic heterocycles. The molecule has 0 aliphatic carbocycles. The molecule has 1 aromatic carbocycles. The Kier molecular flexibility index (Phi) is 16.9. The van der Waals surface area contributed by atoms with Gasteiger partial charge in [0.2, 0.25) is 53.2 Å². The van der Waals surface area contributed by atoms with Gasteiger partial charge in [0, 0.05) is 55.3 Å². The van der Waals surface area contributed by atoms with E-state index in [9.17, 15) is 53.1 Å². The van der Waals surface area contributed by atoms with E-state index in [0.717, 1.165) is 23.6 Å². The second-order valence-corrected chi connectivity index (χ2v) is 17.7. The molecule has 9 amide bonds. The van der Waals surface area contributed by atoms with Crippen LogP contribution in [0.5, 0.6) is 0 Å². The van der Waals surface area contributed by atoms with Crippen molar-refractivity contribution in [2.75, 3.05) is 25.4 Å². The van der Waals surface area contributed by atoms with E-state index in [2.05, 4.69) is 42.2 Å². The van der Waals surface area contributed by atoms with Crippen LogP contribution in [0.4, 0.5) is 0 Å². The van der Waals surface area contributed by atoms with E-state index in [1.54, 1.807) is 38.1 Å². The summed E-state index contributed by atoms with van der Waals surface area (Å²) in [6.07, 6.45) is -3.07. The second-order valence-electron chi connectivity index (χ2n) is 16.7. The number of fused-ring (bicyclic) bond motifs is 5. The summed E-state index contributed by atoms with van der Waals surface area (Å²) in [6, 6.07) is -1.52. The van der Waals surface area contributed by atoms with Crippen molar-refractivity contribution in [1.82, 2.24) is 47.1 Å². The van der Waals surface area contributed by atoms with E-state index in [1.807, 2.05) is 0 Å². The third-order valence-corrected chi connectivity index (χ3v) is 13.0. The van der Waals surface area contributed by atoms with Gasteiger partial charge in [-0.05, 0) is 30.9 Å². The highest BCUT2D eigenvalue weighted by molar-refractivity contribution is 7.99. The molecule has 0 radical (unpaired) electrons. The molecule has 354 valence electrons. The quantitative estimate of drug-likeness (QED) is 0.121. The molecule has 4 heterocycles. The number of ether oxygens (including phenoxy) is 1. The highest BCUT2D eigenvalue weighted by Crippen LogP contribution is 2.32. The zero-order chi connectivity index (χ0) is 47.7. The van der Waals surface area contributed by atoms with Gasteiger partial charge in [-0.25, -0.2) is 0 Å². The predicted molar refractivity (Wildman–Crippen MR) is 233 cm³/mol. The Bertz CT molecular complexity index is 2180. The first-order chi connectivity index (χ1) is 30.8. The monoisotopic (exact) mass is 926 g/mol. The molecule has 0 spiro atoms. The van der Waals surface area contributed by atoms with Crippen molar-refractivity contribution in [3.05, 3.63) is 29.8 Å². The van der Waals surface area contributed by atoms with Gasteiger partial charge in [-0.3, -0.25) is 47.9 Å². The number of thioether (sulfide) groups is 1.